The summed E-state index contributed by atoms with van der Waals surface area (Å²) in [7, 11) is 0. The molecular weight excluding hydrogens is 406 g/mol. The monoisotopic (exact) mass is 437 g/mol. The highest BCUT2D eigenvalue weighted by molar-refractivity contribution is 7.22. The van der Waals surface area contributed by atoms with Crippen LogP contribution in [0.3, 0.4) is 0 Å². The van der Waals surface area contributed by atoms with E-state index >= 15 is 0 Å². The molecule has 1 aliphatic rings. The number of benzene rings is 2. The smallest absolute Gasteiger partial charge is 0.260 e. The van der Waals surface area contributed by atoms with Crippen LogP contribution in [0.4, 0.5) is 5.13 Å². The van der Waals surface area contributed by atoms with Crippen molar-refractivity contribution in [2.24, 2.45) is 0 Å². The maximum absolute atomic E-state index is 13.6. The van der Waals surface area contributed by atoms with Crippen LogP contribution in [0.15, 0.2) is 36.4 Å². The Kier molecular flexibility index (Phi) is 7.00. The Bertz CT molecular complexity index is 1060. The minimum absolute atomic E-state index is 0.0363. The number of carbonyl (C=O) groups is 1. The summed E-state index contributed by atoms with van der Waals surface area (Å²) >= 11 is 1.61. The topological polar surface area (TPSA) is 45.7 Å². The van der Waals surface area contributed by atoms with E-state index in [9.17, 15) is 4.79 Å². The second kappa shape index (κ2) is 9.90. The van der Waals surface area contributed by atoms with Gasteiger partial charge >= 0.3 is 0 Å². The number of hydrogen-bond donors (Lipinski definition) is 0. The molecule has 0 unspecified atom stereocenters. The normalized spacial score (nSPS) is 14.8. The highest BCUT2D eigenvalue weighted by atomic mass is 32.1. The third kappa shape index (κ3) is 5.14. The Morgan fingerprint density at radius 3 is 2.71 bits per heavy atom. The number of aryl methyl sites for hydroxylation is 3. The van der Waals surface area contributed by atoms with E-state index in [1.807, 2.05) is 24.0 Å². The molecule has 0 radical (unpaired) electrons. The fourth-order valence-corrected chi connectivity index (χ4v) is 5.11. The Balaban J connectivity index is 1.60. The SMILES string of the molecule is CCc1ccc2nc(N(CCCN3CCOCC3)C(=O)c3ccc(C)cc3C)sc2c1. The zero-order valence-electron chi connectivity index (χ0n) is 18.7. The lowest BCUT2D eigenvalue weighted by Crippen LogP contribution is -2.39. The van der Waals surface area contributed by atoms with E-state index < -0.39 is 0 Å². The van der Waals surface area contributed by atoms with Crippen molar-refractivity contribution in [3.63, 3.8) is 0 Å². The van der Waals surface area contributed by atoms with Gasteiger partial charge in [-0.1, -0.05) is 42.0 Å². The number of rotatable bonds is 7. The molecule has 0 spiro atoms. The van der Waals surface area contributed by atoms with Crippen LogP contribution < -0.4 is 4.90 Å². The van der Waals surface area contributed by atoms with Gasteiger partial charge < -0.3 is 4.74 Å². The number of morpholine rings is 1. The third-order valence-corrected chi connectivity index (χ3v) is 6.94. The number of amides is 1. The molecule has 2 aromatic carbocycles. The van der Waals surface area contributed by atoms with Crippen LogP contribution in [-0.4, -0.2) is 55.2 Å². The van der Waals surface area contributed by atoms with Crippen molar-refractivity contribution >= 4 is 32.6 Å². The molecule has 0 atom stereocenters. The van der Waals surface area contributed by atoms with Gasteiger partial charge in [-0.25, -0.2) is 4.98 Å². The van der Waals surface area contributed by atoms with Crippen LogP contribution in [0.2, 0.25) is 0 Å². The van der Waals surface area contributed by atoms with Gasteiger partial charge in [0.2, 0.25) is 0 Å². The Morgan fingerprint density at radius 1 is 1.16 bits per heavy atom. The second-order valence-corrected chi connectivity index (χ2v) is 9.24. The van der Waals surface area contributed by atoms with Gasteiger partial charge in [0.1, 0.15) is 0 Å². The number of thiazole rings is 1. The fraction of sp³-hybridized carbons (Fsp3) is 0.440. The molecule has 1 saturated heterocycles. The van der Waals surface area contributed by atoms with Crippen LogP contribution in [0.1, 0.15) is 40.4 Å². The molecule has 31 heavy (non-hydrogen) atoms. The standard InChI is InChI=1S/C25H31N3O2S/c1-4-20-7-9-22-23(17-20)31-25(26-22)28(11-5-10-27-12-14-30-15-13-27)24(29)21-8-6-18(2)16-19(21)3/h6-9,16-17H,4-5,10-15H2,1-3H3. The fourth-order valence-electron chi connectivity index (χ4n) is 4.05. The molecule has 164 valence electrons. The molecule has 1 aliphatic heterocycles. The summed E-state index contributed by atoms with van der Waals surface area (Å²) in [4.78, 5) is 22.8. The van der Waals surface area contributed by atoms with Crippen molar-refractivity contribution in [3.05, 3.63) is 58.7 Å². The number of carbonyl (C=O) groups excluding carboxylic acids is 1. The number of aromatic nitrogens is 1. The van der Waals surface area contributed by atoms with Crippen molar-refractivity contribution < 1.29 is 9.53 Å². The van der Waals surface area contributed by atoms with Crippen LogP contribution >= 0.6 is 11.3 Å². The van der Waals surface area contributed by atoms with E-state index in [0.29, 0.717) is 6.54 Å². The van der Waals surface area contributed by atoms with E-state index in [0.717, 1.165) is 72.2 Å². The second-order valence-electron chi connectivity index (χ2n) is 8.23. The first-order valence-electron chi connectivity index (χ1n) is 11.1. The summed E-state index contributed by atoms with van der Waals surface area (Å²) in [5.74, 6) is 0.0363. The molecule has 2 heterocycles. The molecule has 0 saturated carbocycles. The van der Waals surface area contributed by atoms with Gasteiger partial charge in [-0.2, -0.15) is 0 Å². The summed E-state index contributed by atoms with van der Waals surface area (Å²) in [5.41, 5.74) is 5.19. The van der Waals surface area contributed by atoms with Gasteiger partial charge in [-0.3, -0.25) is 14.6 Å². The van der Waals surface area contributed by atoms with E-state index in [4.69, 9.17) is 9.72 Å². The van der Waals surface area contributed by atoms with Gasteiger partial charge in [-0.15, -0.1) is 0 Å². The molecule has 0 bridgehead atoms. The first kappa shape index (κ1) is 21.9. The number of ether oxygens (including phenoxy) is 1. The average Bonchev–Trinajstić information content (AvgIpc) is 3.20. The van der Waals surface area contributed by atoms with E-state index in [1.165, 1.54) is 11.1 Å². The molecule has 1 fully saturated rings. The van der Waals surface area contributed by atoms with Crippen molar-refractivity contribution in [1.29, 1.82) is 0 Å². The van der Waals surface area contributed by atoms with E-state index in [-0.39, 0.29) is 5.91 Å². The number of nitrogens with zero attached hydrogens (tertiary/aromatic N) is 3. The highest BCUT2D eigenvalue weighted by Crippen LogP contribution is 2.31. The van der Waals surface area contributed by atoms with E-state index in [1.54, 1.807) is 11.3 Å². The molecule has 5 nitrogen and oxygen atoms in total. The predicted molar refractivity (Wildman–Crippen MR) is 128 cm³/mol. The highest BCUT2D eigenvalue weighted by Gasteiger charge is 2.23. The maximum Gasteiger partial charge on any atom is 0.260 e. The van der Waals surface area contributed by atoms with E-state index in [2.05, 4.69) is 43.0 Å². The van der Waals surface area contributed by atoms with Crippen LogP contribution in [0.5, 0.6) is 0 Å². The summed E-state index contributed by atoms with van der Waals surface area (Å²) in [6.07, 6.45) is 1.90. The van der Waals surface area contributed by atoms with Crippen LogP contribution in [0, 0.1) is 13.8 Å². The zero-order chi connectivity index (χ0) is 21.8. The van der Waals surface area contributed by atoms with Gasteiger partial charge in [0.15, 0.2) is 5.13 Å². The molecule has 1 aromatic heterocycles. The number of fused-ring (bicyclic) bond motifs is 1. The molecule has 0 N–H and O–H groups in total. The molecule has 1 amide bonds. The van der Waals surface area contributed by atoms with Crippen molar-refractivity contribution in [1.82, 2.24) is 9.88 Å². The lowest BCUT2D eigenvalue weighted by molar-refractivity contribution is 0.0376. The van der Waals surface area contributed by atoms with Crippen LogP contribution in [0.25, 0.3) is 10.2 Å². The summed E-state index contributed by atoms with van der Waals surface area (Å²) in [6.45, 7) is 11.4. The molecule has 6 heteroatoms. The van der Waals surface area contributed by atoms with Gasteiger partial charge in [0.25, 0.3) is 5.91 Å². The first-order chi connectivity index (χ1) is 15.0. The minimum Gasteiger partial charge on any atom is -0.379 e. The molecule has 4 rings (SSSR count). The van der Waals surface area contributed by atoms with Crippen molar-refractivity contribution in [2.75, 3.05) is 44.3 Å². The minimum atomic E-state index is 0.0363. The zero-order valence-corrected chi connectivity index (χ0v) is 19.5. The summed E-state index contributed by atoms with van der Waals surface area (Å²) in [6, 6.07) is 12.4. The quantitative estimate of drug-likeness (QED) is 0.530. The summed E-state index contributed by atoms with van der Waals surface area (Å²) in [5, 5.41) is 0.787. The van der Waals surface area contributed by atoms with Crippen molar-refractivity contribution in [3.8, 4) is 0 Å². The Morgan fingerprint density at radius 2 is 1.97 bits per heavy atom. The largest absolute Gasteiger partial charge is 0.379 e. The summed E-state index contributed by atoms with van der Waals surface area (Å²) < 4.78 is 6.59. The van der Waals surface area contributed by atoms with Gasteiger partial charge in [0, 0.05) is 31.7 Å². The lowest BCUT2D eigenvalue weighted by Gasteiger charge is -2.28. The van der Waals surface area contributed by atoms with Gasteiger partial charge in [0.05, 0.1) is 23.4 Å². The Labute approximate surface area is 188 Å². The molecular formula is C25H31N3O2S. The average molecular weight is 438 g/mol. The number of hydrogen-bond acceptors (Lipinski definition) is 5. The first-order valence-corrected chi connectivity index (χ1v) is 12.0. The lowest BCUT2D eigenvalue weighted by atomic mass is 10.0. The van der Waals surface area contributed by atoms with Crippen molar-refractivity contribution in [2.45, 2.75) is 33.6 Å². The van der Waals surface area contributed by atoms with Crippen LogP contribution in [-0.2, 0) is 11.2 Å². The van der Waals surface area contributed by atoms with Gasteiger partial charge in [-0.05, 0) is 56.0 Å². The maximum atomic E-state index is 13.6. The molecule has 3 aromatic rings. The third-order valence-electron chi connectivity index (χ3n) is 5.90. The predicted octanol–water partition coefficient (Wildman–Crippen LogP) is 4.84. The Hall–Kier alpha value is -2.28. The molecule has 0 aliphatic carbocycles. The number of anilines is 1.